The van der Waals surface area contributed by atoms with Crippen LogP contribution in [-0.2, 0) is 14.8 Å². The van der Waals surface area contributed by atoms with E-state index in [2.05, 4.69) is 10.3 Å². The van der Waals surface area contributed by atoms with E-state index in [1.165, 1.54) is 4.90 Å². The highest BCUT2D eigenvalue weighted by atomic mass is 32.2. The van der Waals surface area contributed by atoms with Gasteiger partial charge < -0.3 is 10.2 Å². The Morgan fingerprint density at radius 1 is 1.42 bits per heavy atom. The van der Waals surface area contributed by atoms with Crippen molar-refractivity contribution in [2.24, 2.45) is 5.14 Å². The second-order valence-electron chi connectivity index (χ2n) is 4.42. The molecule has 0 bridgehead atoms. The van der Waals surface area contributed by atoms with Gasteiger partial charge >= 0.3 is 0 Å². The lowest BCUT2D eigenvalue weighted by atomic mass is 10.4. The molecular formula is C11H16N4O3S. The average Bonchev–Trinajstić information content (AvgIpc) is 2.72. The Morgan fingerprint density at radius 3 is 2.68 bits per heavy atom. The molecule has 1 aromatic rings. The van der Waals surface area contributed by atoms with Gasteiger partial charge in [-0.05, 0) is 12.1 Å². The van der Waals surface area contributed by atoms with Gasteiger partial charge in [0, 0.05) is 44.1 Å². The molecule has 1 aliphatic rings. The number of rotatable bonds is 5. The number of pyridine rings is 1. The number of primary sulfonamides is 1. The third-order valence-corrected chi connectivity index (χ3v) is 4.28. The minimum Gasteiger partial charge on any atom is -0.383 e. The first-order chi connectivity index (χ1) is 8.97. The fourth-order valence-corrected chi connectivity index (χ4v) is 2.74. The number of sulfonamides is 1. The summed E-state index contributed by atoms with van der Waals surface area (Å²) in [5.41, 5.74) is 0.907. The molecule has 1 aromatic heterocycles. The topological polar surface area (TPSA) is 105 Å². The number of hydrogen-bond acceptors (Lipinski definition) is 5. The van der Waals surface area contributed by atoms with E-state index in [9.17, 15) is 13.2 Å². The summed E-state index contributed by atoms with van der Waals surface area (Å²) in [4.78, 5) is 17.1. The van der Waals surface area contributed by atoms with Crippen LogP contribution in [0.5, 0.6) is 0 Å². The molecule has 1 aliphatic heterocycles. The van der Waals surface area contributed by atoms with Crippen LogP contribution in [0.3, 0.4) is 0 Å². The molecule has 0 spiro atoms. The van der Waals surface area contributed by atoms with Crippen LogP contribution in [0.15, 0.2) is 24.5 Å². The van der Waals surface area contributed by atoms with E-state index >= 15 is 0 Å². The molecule has 1 saturated heterocycles. The van der Waals surface area contributed by atoms with E-state index in [0.717, 1.165) is 5.69 Å². The third kappa shape index (κ3) is 3.65. The fourth-order valence-electron chi connectivity index (χ4n) is 1.98. The number of anilines is 1. The zero-order valence-corrected chi connectivity index (χ0v) is 11.1. The molecule has 0 radical (unpaired) electrons. The molecule has 0 aromatic carbocycles. The zero-order chi connectivity index (χ0) is 13.9. The predicted octanol–water partition coefficient (Wildman–Crippen LogP) is -0.617. The number of nitrogens with zero attached hydrogens (tertiary/aromatic N) is 2. The quantitative estimate of drug-likeness (QED) is 0.750. The molecule has 1 atom stereocenters. The van der Waals surface area contributed by atoms with Crippen LogP contribution in [0, 0.1) is 0 Å². The maximum absolute atomic E-state index is 11.6. The number of carbonyl (C=O) groups is 1. The maximum Gasteiger partial charge on any atom is 0.224 e. The highest BCUT2D eigenvalue weighted by Gasteiger charge is 2.35. The molecule has 7 nitrogen and oxygen atoms in total. The van der Waals surface area contributed by atoms with Crippen molar-refractivity contribution < 1.29 is 13.2 Å². The summed E-state index contributed by atoms with van der Waals surface area (Å²) in [5.74, 6) is -0.171. The lowest BCUT2D eigenvalue weighted by Gasteiger charge is -2.16. The van der Waals surface area contributed by atoms with Gasteiger partial charge in [0.15, 0.2) is 0 Å². The van der Waals surface area contributed by atoms with Gasteiger partial charge in [-0.15, -0.1) is 0 Å². The number of carbonyl (C=O) groups excluding carboxylic acids is 1. The summed E-state index contributed by atoms with van der Waals surface area (Å²) < 4.78 is 22.4. The maximum atomic E-state index is 11.6. The van der Waals surface area contributed by atoms with Gasteiger partial charge in [0.1, 0.15) is 5.25 Å². The normalized spacial score (nSPS) is 19.7. The molecule has 0 aliphatic carbocycles. The van der Waals surface area contributed by atoms with E-state index in [4.69, 9.17) is 5.14 Å². The van der Waals surface area contributed by atoms with Crippen LogP contribution in [0.2, 0.25) is 0 Å². The lowest BCUT2D eigenvalue weighted by Crippen LogP contribution is -2.34. The number of aromatic nitrogens is 1. The van der Waals surface area contributed by atoms with Crippen LogP contribution in [0.25, 0.3) is 0 Å². The lowest BCUT2D eigenvalue weighted by molar-refractivity contribution is -0.127. The van der Waals surface area contributed by atoms with Gasteiger partial charge in [0.2, 0.25) is 15.9 Å². The number of likely N-dealkylation sites (tertiary alicyclic amines) is 1. The van der Waals surface area contributed by atoms with Gasteiger partial charge in [-0.1, -0.05) is 0 Å². The second kappa shape index (κ2) is 5.54. The van der Waals surface area contributed by atoms with Gasteiger partial charge in [0.25, 0.3) is 0 Å². The number of hydrogen-bond donors (Lipinski definition) is 2. The van der Waals surface area contributed by atoms with Crippen molar-refractivity contribution in [3.8, 4) is 0 Å². The molecule has 104 valence electrons. The number of nitrogens with one attached hydrogen (secondary N) is 1. The van der Waals surface area contributed by atoms with Crippen molar-refractivity contribution in [3.05, 3.63) is 24.5 Å². The Labute approximate surface area is 111 Å². The smallest absolute Gasteiger partial charge is 0.224 e. The van der Waals surface area contributed by atoms with Crippen LogP contribution in [0.4, 0.5) is 5.69 Å². The standard InChI is InChI=1S/C11H16N4O3S/c12-19(17,18)10-7-11(16)15(8-10)6-5-14-9-1-3-13-4-2-9/h1-4,10H,5-8H2,(H,13,14)(H2,12,17,18). The largest absolute Gasteiger partial charge is 0.383 e. The van der Waals surface area contributed by atoms with Crippen molar-refractivity contribution in [1.82, 2.24) is 9.88 Å². The minimum absolute atomic E-state index is 0.0198. The molecule has 2 heterocycles. The van der Waals surface area contributed by atoms with E-state index in [1.54, 1.807) is 12.4 Å². The Morgan fingerprint density at radius 2 is 2.11 bits per heavy atom. The van der Waals surface area contributed by atoms with Crippen LogP contribution >= 0.6 is 0 Å². The minimum atomic E-state index is -3.64. The summed E-state index contributed by atoms with van der Waals surface area (Å²) in [5, 5.41) is 7.41. The van der Waals surface area contributed by atoms with Crippen molar-refractivity contribution in [2.75, 3.05) is 25.0 Å². The Balaban J connectivity index is 1.83. The molecule has 3 N–H and O–H groups in total. The van der Waals surface area contributed by atoms with E-state index < -0.39 is 15.3 Å². The van der Waals surface area contributed by atoms with Gasteiger partial charge in [0.05, 0.1) is 0 Å². The van der Waals surface area contributed by atoms with Crippen molar-refractivity contribution in [3.63, 3.8) is 0 Å². The first kappa shape index (κ1) is 13.8. The van der Waals surface area contributed by atoms with Crippen molar-refractivity contribution >= 4 is 21.6 Å². The SMILES string of the molecule is NS(=O)(=O)C1CC(=O)N(CCNc2ccncc2)C1. The summed E-state index contributed by atoms with van der Waals surface area (Å²) in [6.07, 6.45) is 3.31. The Bertz CT molecular complexity index is 546. The first-order valence-electron chi connectivity index (χ1n) is 5.90. The molecule has 2 rings (SSSR count). The van der Waals surface area contributed by atoms with E-state index in [0.29, 0.717) is 13.1 Å². The molecule has 19 heavy (non-hydrogen) atoms. The Kier molecular flexibility index (Phi) is 4.01. The highest BCUT2D eigenvalue weighted by Crippen LogP contribution is 2.16. The van der Waals surface area contributed by atoms with E-state index in [1.807, 2.05) is 12.1 Å². The predicted molar refractivity (Wildman–Crippen MR) is 70.8 cm³/mol. The molecule has 0 saturated carbocycles. The first-order valence-corrected chi connectivity index (χ1v) is 7.51. The molecule has 8 heteroatoms. The zero-order valence-electron chi connectivity index (χ0n) is 10.3. The third-order valence-electron chi connectivity index (χ3n) is 3.03. The highest BCUT2D eigenvalue weighted by molar-refractivity contribution is 7.89. The summed E-state index contributed by atoms with van der Waals surface area (Å²) in [7, 11) is -3.64. The molecular weight excluding hydrogens is 268 g/mol. The summed E-state index contributed by atoms with van der Waals surface area (Å²) in [6, 6.07) is 3.64. The summed E-state index contributed by atoms with van der Waals surface area (Å²) >= 11 is 0. The monoisotopic (exact) mass is 284 g/mol. The Hall–Kier alpha value is -1.67. The molecule has 1 fully saturated rings. The second-order valence-corrected chi connectivity index (χ2v) is 6.26. The van der Waals surface area contributed by atoms with Crippen molar-refractivity contribution in [1.29, 1.82) is 0 Å². The number of amides is 1. The van der Waals surface area contributed by atoms with Crippen LogP contribution in [0.1, 0.15) is 6.42 Å². The van der Waals surface area contributed by atoms with Gasteiger partial charge in [-0.25, -0.2) is 13.6 Å². The van der Waals surface area contributed by atoms with Crippen LogP contribution < -0.4 is 10.5 Å². The average molecular weight is 284 g/mol. The molecule has 1 unspecified atom stereocenters. The number of nitrogens with two attached hydrogens (primary N) is 1. The fraction of sp³-hybridized carbons (Fsp3) is 0.455. The van der Waals surface area contributed by atoms with E-state index in [-0.39, 0.29) is 18.9 Å². The van der Waals surface area contributed by atoms with Crippen LogP contribution in [-0.4, -0.2) is 49.1 Å². The molecule has 1 amide bonds. The summed E-state index contributed by atoms with van der Waals surface area (Å²) in [6.45, 7) is 1.18. The van der Waals surface area contributed by atoms with Gasteiger partial charge in [-0.3, -0.25) is 9.78 Å². The van der Waals surface area contributed by atoms with Crippen molar-refractivity contribution in [2.45, 2.75) is 11.7 Å². The van der Waals surface area contributed by atoms with Gasteiger partial charge in [-0.2, -0.15) is 0 Å².